The van der Waals surface area contributed by atoms with E-state index in [4.69, 9.17) is 14.6 Å². The molecule has 1 N–H and O–H groups in total. The first-order valence-electron chi connectivity index (χ1n) is 4.79. The van der Waals surface area contributed by atoms with Gasteiger partial charge in [-0.25, -0.2) is 9.37 Å². The highest BCUT2D eigenvalue weighted by molar-refractivity contribution is 5.25. The lowest BCUT2D eigenvalue weighted by Gasteiger charge is -2.13. The van der Waals surface area contributed by atoms with Crippen molar-refractivity contribution in [1.29, 1.82) is 0 Å². The molecule has 0 aromatic carbocycles. The third kappa shape index (κ3) is 2.43. The summed E-state index contributed by atoms with van der Waals surface area (Å²) in [5.74, 6) is -0.191. The molecule has 1 aliphatic rings. The molecule has 5 heteroatoms. The molecule has 1 aromatic rings. The van der Waals surface area contributed by atoms with E-state index in [1.807, 2.05) is 0 Å². The van der Waals surface area contributed by atoms with Crippen LogP contribution < -0.4 is 4.74 Å². The van der Waals surface area contributed by atoms with Crippen LogP contribution in [0.1, 0.15) is 12.0 Å². The van der Waals surface area contributed by atoms with Crippen molar-refractivity contribution in [2.45, 2.75) is 19.1 Å². The van der Waals surface area contributed by atoms with Crippen molar-refractivity contribution >= 4 is 0 Å². The van der Waals surface area contributed by atoms with Crippen LogP contribution in [-0.2, 0) is 11.3 Å². The van der Waals surface area contributed by atoms with E-state index in [1.54, 1.807) is 0 Å². The van der Waals surface area contributed by atoms with Crippen LogP contribution in [0.2, 0.25) is 0 Å². The molecule has 0 aliphatic carbocycles. The van der Waals surface area contributed by atoms with Crippen molar-refractivity contribution < 1.29 is 19.0 Å². The number of halogens is 1. The Morgan fingerprint density at radius 1 is 1.67 bits per heavy atom. The maximum absolute atomic E-state index is 12.8. The predicted octanol–water partition coefficient (Wildman–Crippen LogP) is 0.881. The number of hydrogen-bond donors (Lipinski definition) is 1. The van der Waals surface area contributed by atoms with Gasteiger partial charge >= 0.3 is 0 Å². The first kappa shape index (κ1) is 10.3. The molecule has 0 bridgehead atoms. The standard InChI is InChI=1S/C10H12FNO3/c11-8-3-7(5-13)10(12-4-8)15-9-1-2-14-6-9/h3-4,9,13H,1-2,5-6H2. The van der Waals surface area contributed by atoms with E-state index in [0.29, 0.717) is 18.8 Å². The molecule has 1 saturated heterocycles. The van der Waals surface area contributed by atoms with Gasteiger partial charge < -0.3 is 14.6 Å². The monoisotopic (exact) mass is 213 g/mol. The van der Waals surface area contributed by atoms with E-state index >= 15 is 0 Å². The van der Waals surface area contributed by atoms with Crippen LogP contribution in [0.4, 0.5) is 4.39 Å². The van der Waals surface area contributed by atoms with Crippen LogP contribution in [0.15, 0.2) is 12.3 Å². The van der Waals surface area contributed by atoms with E-state index < -0.39 is 5.82 Å². The summed E-state index contributed by atoms with van der Waals surface area (Å²) in [4.78, 5) is 3.80. The summed E-state index contributed by atoms with van der Waals surface area (Å²) >= 11 is 0. The molecule has 0 saturated carbocycles. The summed E-state index contributed by atoms with van der Waals surface area (Å²) in [7, 11) is 0. The summed E-state index contributed by atoms with van der Waals surface area (Å²) in [6.45, 7) is 0.901. The van der Waals surface area contributed by atoms with Crippen LogP contribution >= 0.6 is 0 Å². The number of ether oxygens (including phenoxy) is 2. The summed E-state index contributed by atoms with van der Waals surface area (Å²) in [5.41, 5.74) is 0.363. The Hall–Kier alpha value is -1.20. The molecule has 2 heterocycles. The number of aliphatic hydroxyl groups is 1. The molecule has 1 atom stereocenters. The highest BCUT2D eigenvalue weighted by atomic mass is 19.1. The van der Waals surface area contributed by atoms with Crippen LogP contribution in [0.5, 0.6) is 5.88 Å². The molecule has 82 valence electrons. The Morgan fingerprint density at radius 3 is 3.20 bits per heavy atom. The van der Waals surface area contributed by atoms with E-state index in [0.717, 1.165) is 12.6 Å². The van der Waals surface area contributed by atoms with Crippen LogP contribution in [0.25, 0.3) is 0 Å². The number of aliphatic hydroxyl groups excluding tert-OH is 1. The van der Waals surface area contributed by atoms with Crippen LogP contribution in [0, 0.1) is 5.82 Å². The Bertz CT molecular complexity index is 339. The van der Waals surface area contributed by atoms with Gasteiger partial charge in [0.25, 0.3) is 0 Å². The molecular weight excluding hydrogens is 201 g/mol. The van der Waals surface area contributed by atoms with E-state index in [-0.39, 0.29) is 18.6 Å². The highest BCUT2D eigenvalue weighted by Gasteiger charge is 2.19. The zero-order valence-electron chi connectivity index (χ0n) is 8.15. The summed E-state index contributed by atoms with van der Waals surface area (Å²) < 4.78 is 23.4. The fraction of sp³-hybridized carbons (Fsp3) is 0.500. The second kappa shape index (κ2) is 4.55. The third-order valence-corrected chi connectivity index (χ3v) is 2.23. The summed E-state index contributed by atoms with van der Waals surface area (Å²) in [6.07, 6.45) is 1.82. The largest absolute Gasteiger partial charge is 0.472 e. The molecule has 15 heavy (non-hydrogen) atoms. The van der Waals surface area contributed by atoms with Gasteiger partial charge in [0.1, 0.15) is 11.9 Å². The van der Waals surface area contributed by atoms with Crippen LogP contribution in [-0.4, -0.2) is 29.4 Å². The van der Waals surface area contributed by atoms with E-state index in [2.05, 4.69) is 4.98 Å². The molecule has 1 aliphatic heterocycles. The molecule has 1 unspecified atom stereocenters. The van der Waals surface area contributed by atoms with Crippen molar-refractivity contribution in [3.8, 4) is 5.88 Å². The molecule has 1 fully saturated rings. The maximum Gasteiger partial charge on any atom is 0.219 e. The molecule has 0 radical (unpaired) electrons. The van der Waals surface area contributed by atoms with Crippen LogP contribution in [0.3, 0.4) is 0 Å². The van der Waals surface area contributed by atoms with Gasteiger partial charge in [-0.3, -0.25) is 0 Å². The van der Waals surface area contributed by atoms with Crippen molar-refractivity contribution in [3.63, 3.8) is 0 Å². The van der Waals surface area contributed by atoms with Gasteiger partial charge in [0, 0.05) is 12.0 Å². The lowest BCUT2D eigenvalue weighted by atomic mass is 10.2. The molecule has 0 amide bonds. The number of nitrogens with zero attached hydrogens (tertiary/aromatic N) is 1. The van der Waals surface area contributed by atoms with E-state index in [9.17, 15) is 4.39 Å². The predicted molar refractivity (Wildman–Crippen MR) is 50.0 cm³/mol. The Morgan fingerprint density at radius 2 is 2.53 bits per heavy atom. The van der Waals surface area contributed by atoms with Gasteiger partial charge in [-0.05, 0) is 6.07 Å². The Labute approximate surface area is 86.7 Å². The third-order valence-electron chi connectivity index (χ3n) is 2.23. The number of hydrogen-bond acceptors (Lipinski definition) is 4. The fourth-order valence-corrected chi connectivity index (χ4v) is 1.45. The number of aromatic nitrogens is 1. The van der Waals surface area contributed by atoms with Crippen molar-refractivity contribution in [2.75, 3.05) is 13.2 Å². The Kier molecular flexibility index (Phi) is 3.13. The van der Waals surface area contributed by atoms with Gasteiger partial charge in [0.2, 0.25) is 5.88 Å². The summed E-state index contributed by atoms with van der Waals surface area (Å²) in [6, 6.07) is 1.22. The Balaban J connectivity index is 2.12. The maximum atomic E-state index is 12.8. The van der Waals surface area contributed by atoms with Gasteiger partial charge in [-0.2, -0.15) is 0 Å². The topological polar surface area (TPSA) is 51.6 Å². The SMILES string of the molecule is OCc1cc(F)cnc1OC1CCOC1. The lowest BCUT2D eigenvalue weighted by molar-refractivity contribution is 0.135. The molecular formula is C10H12FNO3. The molecule has 1 aromatic heterocycles. The van der Waals surface area contributed by atoms with Crippen molar-refractivity contribution in [3.05, 3.63) is 23.6 Å². The summed E-state index contributed by atoms with van der Waals surface area (Å²) in [5, 5.41) is 9.00. The van der Waals surface area contributed by atoms with Gasteiger partial charge in [-0.15, -0.1) is 0 Å². The first-order chi connectivity index (χ1) is 7.29. The normalized spacial score (nSPS) is 20.5. The minimum Gasteiger partial charge on any atom is -0.472 e. The minimum atomic E-state index is -0.478. The smallest absolute Gasteiger partial charge is 0.219 e. The molecule has 0 spiro atoms. The van der Waals surface area contributed by atoms with Gasteiger partial charge in [0.05, 0.1) is 26.0 Å². The highest BCUT2D eigenvalue weighted by Crippen LogP contribution is 2.20. The van der Waals surface area contributed by atoms with E-state index in [1.165, 1.54) is 6.07 Å². The van der Waals surface area contributed by atoms with Crippen molar-refractivity contribution in [1.82, 2.24) is 4.98 Å². The number of pyridine rings is 1. The average molecular weight is 213 g/mol. The average Bonchev–Trinajstić information content (AvgIpc) is 2.73. The minimum absolute atomic E-state index is 0.0479. The second-order valence-corrected chi connectivity index (χ2v) is 3.38. The quantitative estimate of drug-likeness (QED) is 0.809. The van der Waals surface area contributed by atoms with Gasteiger partial charge in [0.15, 0.2) is 0 Å². The lowest BCUT2D eigenvalue weighted by Crippen LogP contribution is -2.17. The molecule has 4 nitrogen and oxygen atoms in total. The number of rotatable bonds is 3. The molecule has 2 rings (SSSR count). The van der Waals surface area contributed by atoms with Crippen molar-refractivity contribution in [2.24, 2.45) is 0 Å². The fourth-order valence-electron chi connectivity index (χ4n) is 1.45. The zero-order valence-corrected chi connectivity index (χ0v) is 8.15. The first-order valence-corrected chi connectivity index (χ1v) is 4.79. The zero-order chi connectivity index (χ0) is 10.7. The van der Waals surface area contributed by atoms with Gasteiger partial charge in [-0.1, -0.05) is 0 Å². The second-order valence-electron chi connectivity index (χ2n) is 3.38.